The second-order valence-electron chi connectivity index (χ2n) is 3.70. The van der Waals surface area contributed by atoms with Crippen LogP contribution in [0.4, 0.5) is 5.69 Å². The number of fused-ring (bicyclic) bond motifs is 1. The number of alkyl halides is 1. The van der Waals surface area contributed by atoms with E-state index in [1.807, 2.05) is 34.9 Å². The molecule has 1 aromatic rings. The van der Waals surface area contributed by atoms with E-state index >= 15 is 0 Å². The van der Waals surface area contributed by atoms with Crippen LogP contribution in [0.15, 0.2) is 29.2 Å². The third-order valence-corrected chi connectivity index (χ3v) is 3.98. The van der Waals surface area contributed by atoms with E-state index < -0.39 is 0 Å². The highest BCUT2D eigenvalue weighted by Gasteiger charge is 2.19. The Bertz CT molecular complexity index is 383. The van der Waals surface area contributed by atoms with Crippen molar-refractivity contribution in [2.24, 2.45) is 0 Å². The summed E-state index contributed by atoms with van der Waals surface area (Å²) in [5.41, 5.74) is 1.01. The minimum absolute atomic E-state index is 0.00313. The molecule has 1 aromatic carbocycles. The van der Waals surface area contributed by atoms with Crippen molar-refractivity contribution in [3.63, 3.8) is 0 Å². The topological polar surface area (TPSA) is 20.3 Å². The summed E-state index contributed by atoms with van der Waals surface area (Å²) in [6, 6.07) is 8.05. The molecule has 0 fully saturated rings. The molecule has 1 aliphatic rings. The number of rotatable bonds is 1. The lowest BCUT2D eigenvalue weighted by atomic mass is 10.2. The Balaban J connectivity index is 2.35. The zero-order valence-corrected chi connectivity index (χ0v) is 10.6. The minimum Gasteiger partial charge on any atom is -0.310 e. The predicted octanol–water partition coefficient (Wildman–Crippen LogP) is 3.14. The van der Waals surface area contributed by atoms with E-state index in [9.17, 15) is 4.79 Å². The van der Waals surface area contributed by atoms with Gasteiger partial charge in [0.1, 0.15) is 5.88 Å². The van der Waals surface area contributed by atoms with Crippen LogP contribution in [0.1, 0.15) is 12.8 Å². The Labute approximate surface area is 105 Å². The standard InChI is InChI=1S/C12H14ClNOS/c13-9-12(15)14-7-3-4-8-16-11-6-2-1-5-10(11)14/h1-2,5-6H,3-4,7-9H2. The van der Waals surface area contributed by atoms with Gasteiger partial charge in [0.2, 0.25) is 5.91 Å². The second-order valence-corrected chi connectivity index (χ2v) is 5.11. The van der Waals surface area contributed by atoms with Gasteiger partial charge < -0.3 is 4.90 Å². The van der Waals surface area contributed by atoms with Gasteiger partial charge in [0.15, 0.2) is 0 Å². The third kappa shape index (κ3) is 2.53. The van der Waals surface area contributed by atoms with Gasteiger partial charge in [0.05, 0.1) is 5.69 Å². The van der Waals surface area contributed by atoms with Gasteiger partial charge in [0.25, 0.3) is 0 Å². The molecule has 0 N–H and O–H groups in total. The molecule has 0 aromatic heterocycles. The molecule has 0 radical (unpaired) electrons. The SMILES string of the molecule is O=C(CCl)N1CCCCSc2ccccc21. The van der Waals surface area contributed by atoms with Gasteiger partial charge >= 0.3 is 0 Å². The molecular weight excluding hydrogens is 242 g/mol. The van der Waals surface area contributed by atoms with Gasteiger partial charge in [-0.15, -0.1) is 23.4 Å². The number of carbonyl (C=O) groups is 1. The molecule has 16 heavy (non-hydrogen) atoms. The molecule has 1 amide bonds. The molecule has 0 saturated heterocycles. The summed E-state index contributed by atoms with van der Waals surface area (Å²) in [7, 11) is 0. The maximum atomic E-state index is 11.8. The van der Waals surface area contributed by atoms with Crippen LogP contribution in [0.2, 0.25) is 0 Å². The summed E-state index contributed by atoms with van der Waals surface area (Å²) < 4.78 is 0. The summed E-state index contributed by atoms with van der Waals surface area (Å²) in [5.74, 6) is 1.18. The first kappa shape index (κ1) is 11.8. The van der Waals surface area contributed by atoms with E-state index in [-0.39, 0.29) is 11.8 Å². The van der Waals surface area contributed by atoms with Crippen LogP contribution in [0.25, 0.3) is 0 Å². The molecule has 4 heteroatoms. The fraction of sp³-hybridized carbons (Fsp3) is 0.417. The van der Waals surface area contributed by atoms with Crippen molar-refractivity contribution in [1.82, 2.24) is 0 Å². The maximum Gasteiger partial charge on any atom is 0.241 e. The highest BCUT2D eigenvalue weighted by atomic mass is 35.5. The maximum absolute atomic E-state index is 11.8. The van der Waals surface area contributed by atoms with Crippen molar-refractivity contribution < 1.29 is 4.79 Å². The Morgan fingerprint density at radius 2 is 2.19 bits per heavy atom. The molecule has 0 saturated carbocycles. The highest BCUT2D eigenvalue weighted by Crippen LogP contribution is 2.32. The van der Waals surface area contributed by atoms with Crippen molar-refractivity contribution in [2.75, 3.05) is 23.1 Å². The first-order chi connectivity index (χ1) is 7.83. The van der Waals surface area contributed by atoms with Crippen LogP contribution in [0.3, 0.4) is 0 Å². The van der Waals surface area contributed by atoms with Crippen molar-refractivity contribution >= 4 is 35.0 Å². The summed E-state index contributed by atoms with van der Waals surface area (Å²) in [4.78, 5) is 14.8. The van der Waals surface area contributed by atoms with Crippen LogP contribution in [0.5, 0.6) is 0 Å². The summed E-state index contributed by atoms with van der Waals surface area (Å²) in [5, 5.41) is 0. The number of hydrogen-bond acceptors (Lipinski definition) is 2. The number of benzene rings is 1. The molecule has 1 aliphatic heterocycles. The molecule has 0 aliphatic carbocycles. The van der Waals surface area contributed by atoms with Gasteiger partial charge in [-0.3, -0.25) is 4.79 Å². The largest absolute Gasteiger partial charge is 0.310 e. The van der Waals surface area contributed by atoms with Crippen molar-refractivity contribution in [2.45, 2.75) is 17.7 Å². The molecule has 2 nitrogen and oxygen atoms in total. The lowest BCUT2D eigenvalue weighted by molar-refractivity contribution is -0.116. The number of para-hydroxylation sites is 1. The lowest BCUT2D eigenvalue weighted by Gasteiger charge is -2.26. The number of halogens is 1. The normalized spacial score (nSPS) is 16.2. The molecule has 2 rings (SSSR count). The second kappa shape index (κ2) is 5.60. The number of nitrogens with zero attached hydrogens (tertiary/aromatic N) is 1. The van der Waals surface area contributed by atoms with Gasteiger partial charge in [-0.05, 0) is 30.7 Å². The van der Waals surface area contributed by atoms with Crippen LogP contribution < -0.4 is 4.90 Å². The van der Waals surface area contributed by atoms with Crippen LogP contribution in [-0.4, -0.2) is 24.1 Å². The van der Waals surface area contributed by atoms with Gasteiger partial charge in [0, 0.05) is 11.4 Å². The highest BCUT2D eigenvalue weighted by molar-refractivity contribution is 7.99. The quantitative estimate of drug-likeness (QED) is 0.719. The molecule has 86 valence electrons. The Morgan fingerprint density at radius 3 is 3.00 bits per heavy atom. The summed E-state index contributed by atoms with van der Waals surface area (Å²) in [6.07, 6.45) is 2.19. The Kier molecular flexibility index (Phi) is 4.13. The van der Waals surface area contributed by atoms with E-state index in [1.54, 1.807) is 0 Å². The van der Waals surface area contributed by atoms with Crippen molar-refractivity contribution in [1.29, 1.82) is 0 Å². The average Bonchev–Trinajstić information content (AvgIpc) is 2.29. The Morgan fingerprint density at radius 1 is 1.38 bits per heavy atom. The number of anilines is 1. The van der Waals surface area contributed by atoms with Crippen LogP contribution >= 0.6 is 23.4 Å². The van der Waals surface area contributed by atoms with Crippen LogP contribution in [-0.2, 0) is 4.79 Å². The fourth-order valence-corrected chi connectivity index (χ4v) is 3.02. The fourth-order valence-electron chi connectivity index (χ4n) is 1.81. The molecular formula is C12H14ClNOS. The summed E-state index contributed by atoms with van der Waals surface area (Å²) in [6.45, 7) is 0.781. The first-order valence-corrected chi connectivity index (χ1v) is 6.93. The van der Waals surface area contributed by atoms with Gasteiger partial charge in [-0.1, -0.05) is 12.1 Å². The monoisotopic (exact) mass is 255 g/mol. The molecule has 1 heterocycles. The van der Waals surface area contributed by atoms with E-state index in [4.69, 9.17) is 11.6 Å². The van der Waals surface area contributed by atoms with E-state index in [2.05, 4.69) is 6.07 Å². The summed E-state index contributed by atoms with van der Waals surface area (Å²) >= 11 is 7.47. The molecule has 0 unspecified atom stereocenters. The molecule has 0 bridgehead atoms. The molecule has 0 spiro atoms. The first-order valence-electron chi connectivity index (χ1n) is 5.41. The van der Waals surface area contributed by atoms with Crippen molar-refractivity contribution in [3.8, 4) is 0 Å². The number of thioether (sulfide) groups is 1. The minimum atomic E-state index is -0.00313. The van der Waals surface area contributed by atoms with E-state index in [1.165, 1.54) is 4.90 Å². The van der Waals surface area contributed by atoms with Gasteiger partial charge in [-0.2, -0.15) is 0 Å². The van der Waals surface area contributed by atoms with Crippen LogP contribution in [0, 0.1) is 0 Å². The Hall–Kier alpha value is -0.670. The lowest BCUT2D eigenvalue weighted by Crippen LogP contribution is -2.33. The predicted molar refractivity (Wildman–Crippen MR) is 69.5 cm³/mol. The number of amides is 1. The van der Waals surface area contributed by atoms with Gasteiger partial charge in [-0.25, -0.2) is 0 Å². The zero-order valence-electron chi connectivity index (χ0n) is 8.99. The number of carbonyl (C=O) groups excluding carboxylic acids is 1. The van der Waals surface area contributed by atoms with Crippen molar-refractivity contribution in [3.05, 3.63) is 24.3 Å². The average molecular weight is 256 g/mol. The van der Waals surface area contributed by atoms with E-state index in [0.717, 1.165) is 30.8 Å². The van der Waals surface area contributed by atoms with E-state index in [0.29, 0.717) is 0 Å². The molecule has 0 atom stereocenters. The zero-order chi connectivity index (χ0) is 11.4. The number of hydrogen-bond donors (Lipinski definition) is 0. The third-order valence-electron chi connectivity index (χ3n) is 2.61. The smallest absolute Gasteiger partial charge is 0.241 e.